The molecule has 0 heterocycles. The number of hydrogen-bond acceptors (Lipinski definition) is 3. The van der Waals surface area contributed by atoms with E-state index < -0.39 is 17.3 Å². The predicted molar refractivity (Wildman–Crippen MR) is 132 cm³/mol. The van der Waals surface area contributed by atoms with Crippen molar-refractivity contribution in [3.8, 4) is 11.8 Å². The van der Waals surface area contributed by atoms with E-state index in [2.05, 4.69) is 22.0 Å². The summed E-state index contributed by atoms with van der Waals surface area (Å²) in [5.74, 6) is -1.39. The van der Waals surface area contributed by atoms with E-state index in [1.807, 2.05) is 84.9 Å². The fraction of sp³-hybridized carbons (Fsp3) is 0.143. The van der Waals surface area contributed by atoms with Gasteiger partial charge in [-0.25, -0.2) is 0 Å². The van der Waals surface area contributed by atoms with Crippen molar-refractivity contribution >= 4 is 32.7 Å². The normalized spacial score (nSPS) is 13.6. The van der Waals surface area contributed by atoms with E-state index in [-0.39, 0.29) is 6.42 Å². The van der Waals surface area contributed by atoms with Gasteiger partial charge in [0.2, 0.25) is 0 Å². The second-order valence-corrected chi connectivity index (χ2v) is 8.85. The van der Waals surface area contributed by atoms with Gasteiger partial charge in [0.25, 0.3) is 0 Å². The maximum absolute atomic E-state index is 13.0. The van der Waals surface area contributed by atoms with E-state index in [9.17, 15) is 15.2 Å². The highest BCUT2D eigenvalue weighted by molar-refractivity contribution is 9.10. The van der Waals surface area contributed by atoms with Crippen LogP contribution in [0.4, 0.5) is 0 Å². The zero-order valence-corrected chi connectivity index (χ0v) is 19.6. The van der Waals surface area contributed by atoms with Gasteiger partial charge in [-0.05, 0) is 40.1 Å². The number of para-hydroxylation sites is 1. The van der Waals surface area contributed by atoms with Crippen LogP contribution < -0.4 is 4.74 Å². The maximum Gasteiger partial charge on any atom is 0.325 e. The molecule has 5 heteroatoms. The Hall–Kier alpha value is -3.62. The molecule has 0 aliphatic heterocycles. The van der Waals surface area contributed by atoms with Crippen molar-refractivity contribution in [2.75, 3.05) is 7.11 Å². The molecule has 33 heavy (non-hydrogen) atoms. The summed E-state index contributed by atoms with van der Waals surface area (Å²) in [6.45, 7) is 0. The van der Waals surface area contributed by atoms with Crippen molar-refractivity contribution in [3.63, 3.8) is 0 Å². The van der Waals surface area contributed by atoms with Gasteiger partial charge >= 0.3 is 5.97 Å². The first-order valence-corrected chi connectivity index (χ1v) is 11.3. The van der Waals surface area contributed by atoms with Crippen molar-refractivity contribution in [2.45, 2.75) is 12.3 Å². The lowest BCUT2D eigenvalue weighted by Crippen LogP contribution is -2.39. The van der Waals surface area contributed by atoms with Gasteiger partial charge in [-0.3, -0.25) is 4.79 Å². The van der Waals surface area contributed by atoms with Crippen molar-refractivity contribution in [1.82, 2.24) is 0 Å². The van der Waals surface area contributed by atoms with Crippen LogP contribution in [0.2, 0.25) is 0 Å². The van der Waals surface area contributed by atoms with Crippen LogP contribution in [0.1, 0.15) is 22.6 Å². The van der Waals surface area contributed by atoms with Crippen LogP contribution in [-0.4, -0.2) is 18.2 Å². The third-order valence-corrected chi connectivity index (χ3v) is 6.58. The minimum atomic E-state index is -1.77. The summed E-state index contributed by atoms with van der Waals surface area (Å²) in [5, 5.41) is 23.0. The Kier molecular flexibility index (Phi) is 6.48. The van der Waals surface area contributed by atoms with E-state index in [1.54, 1.807) is 13.2 Å². The third-order valence-electron chi connectivity index (χ3n) is 6.05. The molecule has 4 nitrogen and oxygen atoms in total. The molecule has 0 saturated carbocycles. The quantitative estimate of drug-likeness (QED) is 0.311. The van der Waals surface area contributed by atoms with Crippen molar-refractivity contribution in [3.05, 3.63) is 112 Å². The standard InChI is InChI=1S/C28H22BrNO3/c1-33-25-12-5-4-10-24(25)26(23-11-6-8-20-7-2-3-9-22(20)23)28(18-30,27(31)32)17-19-13-15-21(29)16-14-19/h2-16,26H,17H2,1H3,(H,31,32)/t26-,28+/m0/s1. The number of rotatable bonds is 7. The van der Waals surface area contributed by atoms with Crippen molar-refractivity contribution < 1.29 is 14.6 Å². The van der Waals surface area contributed by atoms with Crippen molar-refractivity contribution in [1.29, 1.82) is 5.26 Å². The Balaban J connectivity index is 2.04. The van der Waals surface area contributed by atoms with Crippen LogP contribution in [0, 0.1) is 16.7 Å². The summed E-state index contributed by atoms with van der Waals surface area (Å²) < 4.78 is 6.53. The molecule has 0 bridgehead atoms. The van der Waals surface area contributed by atoms with Crippen LogP contribution in [0.25, 0.3) is 10.8 Å². The van der Waals surface area contributed by atoms with E-state index in [0.717, 1.165) is 26.4 Å². The third kappa shape index (κ3) is 4.22. The lowest BCUT2D eigenvalue weighted by Gasteiger charge is -2.34. The van der Waals surface area contributed by atoms with E-state index in [1.165, 1.54) is 0 Å². The zero-order valence-electron chi connectivity index (χ0n) is 18.0. The number of carboxylic acid groups (broad SMARTS) is 1. The Morgan fingerprint density at radius 1 is 0.970 bits per heavy atom. The number of carboxylic acids is 1. The van der Waals surface area contributed by atoms with Gasteiger partial charge in [0.15, 0.2) is 5.41 Å². The Morgan fingerprint density at radius 2 is 1.61 bits per heavy atom. The van der Waals surface area contributed by atoms with Gasteiger partial charge in [-0.15, -0.1) is 0 Å². The summed E-state index contributed by atoms with van der Waals surface area (Å²) in [6, 6.07) is 30.6. The van der Waals surface area contributed by atoms with Gasteiger partial charge in [0.1, 0.15) is 5.75 Å². The number of hydrogen-bond donors (Lipinski definition) is 1. The number of fused-ring (bicyclic) bond motifs is 1. The average molecular weight is 500 g/mol. The molecule has 0 saturated heterocycles. The van der Waals surface area contributed by atoms with Crippen LogP contribution >= 0.6 is 15.9 Å². The first-order chi connectivity index (χ1) is 16.0. The number of benzene rings is 4. The molecule has 0 unspecified atom stereocenters. The molecule has 4 rings (SSSR count). The highest BCUT2D eigenvalue weighted by Gasteiger charge is 2.49. The zero-order chi connectivity index (χ0) is 23.4. The van der Waals surface area contributed by atoms with E-state index in [0.29, 0.717) is 11.3 Å². The van der Waals surface area contributed by atoms with Gasteiger partial charge in [-0.2, -0.15) is 5.26 Å². The molecular weight excluding hydrogens is 478 g/mol. The first-order valence-electron chi connectivity index (χ1n) is 10.5. The number of nitriles is 1. The number of ether oxygens (including phenoxy) is 1. The Labute approximate surface area is 201 Å². The highest BCUT2D eigenvalue weighted by atomic mass is 79.9. The van der Waals surface area contributed by atoms with E-state index in [4.69, 9.17) is 4.74 Å². The molecule has 164 valence electrons. The minimum absolute atomic E-state index is 0.0397. The summed E-state index contributed by atoms with van der Waals surface area (Å²) in [4.78, 5) is 13.0. The predicted octanol–water partition coefficient (Wildman–Crippen LogP) is 6.58. The van der Waals surface area contributed by atoms with Crippen LogP contribution in [-0.2, 0) is 11.2 Å². The second kappa shape index (κ2) is 9.48. The van der Waals surface area contributed by atoms with Crippen LogP contribution in [0.15, 0.2) is 95.5 Å². The smallest absolute Gasteiger partial charge is 0.325 e. The molecule has 0 radical (unpaired) electrons. The largest absolute Gasteiger partial charge is 0.496 e. The molecule has 0 spiro atoms. The molecule has 0 amide bonds. The first kappa shape index (κ1) is 22.6. The highest BCUT2D eigenvalue weighted by Crippen LogP contribution is 2.48. The average Bonchev–Trinajstić information content (AvgIpc) is 2.85. The summed E-state index contributed by atoms with van der Waals surface area (Å²) in [6.07, 6.45) is 0.0397. The van der Waals surface area contributed by atoms with Gasteiger partial charge in [-0.1, -0.05) is 88.7 Å². The molecule has 0 aliphatic rings. The Morgan fingerprint density at radius 3 is 2.30 bits per heavy atom. The summed E-state index contributed by atoms with van der Waals surface area (Å²) >= 11 is 3.42. The van der Waals surface area contributed by atoms with Crippen molar-refractivity contribution in [2.24, 2.45) is 5.41 Å². The molecule has 0 aliphatic carbocycles. The molecular formula is C28H22BrNO3. The number of nitrogens with zero attached hydrogens (tertiary/aromatic N) is 1. The van der Waals surface area contributed by atoms with E-state index >= 15 is 0 Å². The van der Waals surface area contributed by atoms with Gasteiger partial charge < -0.3 is 9.84 Å². The molecule has 2 atom stereocenters. The topological polar surface area (TPSA) is 70.3 Å². The van der Waals surface area contributed by atoms with Crippen LogP contribution in [0.5, 0.6) is 5.75 Å². The number of methoxy groups -OCH3 is 1. The fourth-order valence-electron chi connectivity index (χ4n) is 4.48. The van der Waals surface area contributed by atoms with Gasteiger partial charge in [0.05, 0.1) is 13.2 Å². The fourth-order valence-corrected chi connectivity index (χ4v) is 4.75. The lowest BCUT2D eigenvalue weighted by molar-refractivity contribution is -0.146. The minimum Gasteiger partial charge on any atom is -0.496 e. The summed E-state index contributed by atoms with van der Waals surface area (Å²) in [5.41, 5.74) is 0.436. The number of aliphatic carboxylic acids is 1. The lowest BCUT2D eigenvalue weighted by atomic mass is 9.65. The summed E-state index contributed by atoms with van der Waals surface area (Å²) in [7, 11) is 1.56. The maximum atomic E-state index is 13.0. The number of halogens is 1. The molecule has 4 aromatic carbocycles. The van der Waals surface area contributed by atoms with Crippen LogP contribution in [0.3, 0.4) is 0 Å². The van der Waals surface area contributed by atoms with Gasteiger partial charge in [0, 0.05) is 22.4 Å². The second-order valence-electron chi connectivity index (χ2n) is 7.93. The monoisotopic (exact) mass is 499 g/mol. The number of carbonyl (C=O) groups is 1. The molecule has 0 fully saturated rings. The Bertz CT molecular complexity index is 1340. The molecule has 0 aromatic heterocycles. The molecule has 4 aromatic rings. The molecule has 1 N–H and O–H groups in total. The SMILES string of the molecule is COc1ccccc1[C@H](c1cccc2ccccc12)[C@](C#N)(Cc1ccc(Br)cc1)C(=O)O.